The van der Waals surface area contributed by atoms with E-state index in [-0.39, 0.29) is 5.56 Å². The van der Waals surface area contributed by atoms with Crippen LogP contribution in [0.1, 0.15) is 23.0 Å². The third-order valence-corrected chi connectivity index (χ3v) is 4.19. The van der Waals surface area contributed by atoms with Crippen LogP contribution in [0.5, 0.6) is 0 Å². The summed E-state index contributed by atoms with van der Waals surface area (Å²) in [7, 11) is 0. The molecule has 102 valence electrons. The van der Waals surface area contributed by atoms with Crippen LogP contribution >= 0.6 is 11.8 Å². The van der Waals surface area contributed by atoms with Crippen molar-refractivity contribution >= 4 is 28.7 Å². The summed E-state index contributed by atoms with van der Waals surface area (Å²) in [4.78, 5) is 11.4. The summed E-state index contributed by atoms with van der Waals surface area (Å²) in [5.74, 6) is 1.46. The highest BCUT2D eigenvalue weighted by atomic mass is 32.2. The van der Waals surface area contributed by atoms with Crippen molar-refractivity contribution in [1.29, 1.82) is 0 Å². The van der Waals surface area contributed by atoms with E-state index in [2.05, 4.69) is 6.92 Å². The second-order valence-corrected chi connectivity index (χ2v) is 5.59. The number of fused-ring (bicyclic) bond motifs is 1. The van der Waals surface area contributed by atoms with E-state index in [1.54, 1.807) is 23.9 Å². The fourth-order valence-corrected chi connectivity index (χ4v) is 2.90. The van der Waals surface area contributed by atoms with Crippen LogP contribution in [-0.4, -0.2) is 23.4 Å². The van der Waals surface area contributed by atoms with Gasteiger partial charge in [0.1, 0.15) is 16.9 Å². The first-order chi connectivity index (χ1) is 9.13. The van der Waals surface area contributed by atoms with Crippen LogP contribution in [-0.2, 0) is 5.75 Å². The summed E-state index contributed by atoms with van der Waals surface area (Å²) in [5, 5.41) is 9.98. The lowest BCUT2D eigenvalue weighted by Crippen LogP contribution is -2.12. The van der Waals surface area contributed by atoms with Crippen molar-refractivity contribution in [3.05, 3.63) is 35.6 Å². The van der Waals surface area contributed by atoms with Gasteiger partial charge >= 0.3 is 5.97 Å². The van der Waals surface area contributed by atoms with Crippen LogP contribution < -0.4 is 5.73 Å². The van der Waals surface area contributed by atoms with Gasteiger partial charge < -0.3 is 15.3 Å². The largest absolute Gasteiger partial charge is 0.478 e. The maximum absolute atomic E-state index is 11.4. The molecule has 3 N–H and O–H groups in total. The summed E-state index contributed by atoms with van der Waals surface area (Å²) in [6.45, 7) is 2.71. The second kappa shape index (κ2) is 6.12. The van der Waals surface area contributed by atoms with E-state index >= 15 is 0 Å². The minimum Gasteiger partial charge on any atom is -0.478 e. The normalized spacial score (nSPS) is 12.7. The Hall–Kier alpha value is -1.46. The fourth-order valence-electron chi connectivity index (χ4n) is 1.85. The number of carboxylic acids is 1. The number of furan rings is 1. The second-order valence-electron chi connectivity index (χ2n) is 4.56. The summed E-state index contributed by atoms with van der Waals surface area (Å²) in [5.41, 5.74) is 6.47. The van der Waals surface area contributed by atoms with Gasteiger partial charge in [-0.25, -0.2) is 4.79 Å². The summed E-state index contributed by atoms with van der Waals surface area (Å²) < 4.78 is 5.64. The Kier molecular flexibility index (Phi) is 4.50. The molecule has 0 aliphatic heterocycles. The molecule has 19 heavy (non-hydrogen) atoms. The highest BCUT2D eigenvalue weighted by Gasteiger charge is 2.19. The van der Waals surface area contributed by atoms with Crippen LogP contribution in [0, 0.1) is 5.92 Å². The summed E-state index contributed by atoms with van der Waals surface area (Å²) in [6, 6.07) is 7.22. The number of hydrogen-bond donors (Lipinski definition) is 2. The smallest absolute Gasteiger partial charge is 0.339 e. The molecule has 0 saturated carbocycles. The van der Waals surface area contributed by atoms with E-state index in [1.165, 1.54) is 0 Å². The molecule has 5 heteroatoms. The zero-order chi connectivity index (χ0) is 13.8. The molecule has 1 heterocycles. The Morgan fingerprint density at radius 3 is 2.89 bits per heavy atom. The van der Waals surface area contributed by atoms with Crippen molar-refractivity contribution in [2.24, 2.45) is 11.7 Å². The molecule has 0 spiro atoms. The average molecular weight is 279 g/mol. The Bertz CT molecular complexity index is 579. The molecule has 1 aromatic heterocycles. The first kappa shape index (κ1) is 14.0. The predicted molar refractivity (Wildman–Crippen MR) is 77.6 cm³/mol. The first-order valence-electron chi connectivity index (χ1n) is 6.15. The van der Waals surface area contributed by atoms with Crippen molar-refractivity contribution in [3.63, 3.8) is 0 Å². The molecule has 2 aromatic rings. The predicted octanol–water partition coefficient (Wildman–Crippen LogP) is 2.96. The topological polar surface area (TPSA) is 76.5 Å². The first-order valence-corrected chi connectivity index (χ1v) is 7.30. The molecule has 0 fully saturated rings. The lowest BCUT2D eigenvalue weighted by atomic mass is 10.1. The van der Waals surface area contributed by atoms with E-state index in [0.717, 1.165) is 5.75 Å². The highest BCUT2D eigenvalue weighted by molar-refractivity contribution is 7.98. The average Bonchev–Trinajstić information content (AvgIpc) is 2.76. The molecule has 0 bridgehead atoms. The zero-order valence-electron chi connectivity index (χ0n) is 10.8. The zero-order valence-corrected chi connectivity index (χ0v) is 11.6. The van der Waals surface area contributed by atoms with Gasteiger partial charge in [0.25, 0.3) is 0 Å². The minimum absolute atomic E-state index is 0.281. The van der Waals surface area contributed by atoms with Gasteiger partial charge in [0.15, 0.2) is 0 Å². The molecule has 0 aliphatic rings. The number of nitrogens with two attached hydrogens (primary N) is 1. The maximum atomic E-state index is 11.4. The van der Waals surface area contributed by atoms with Crippen LogP contribution in [0.15, 0.2) is 28.7 Å². The van der Waals surface area contributed by atoms with Crippen molar-refractivity contribution in [2.45, 2.75) is 12.7 Å². The minimum atomic E-state index is -0.938. The molecule has 2 rings (SSSR count). The Morgan fingerprint density at radius 2 is 2.21 bits per heavy atom. The van der Waals surface area contributed by atoms with Crippen LogP contribution in [0.3, 0.4) is 0 Å². The lowest BCUT2D eigenvalue weighted by Gasteiger charge is -2.06. The Labute approximate surface area is 116 Å². The van der Waals surface area contributed by atoms with E-state index in [0.29, 0.717) is 34.9 Å². The number of hydrogen-bond acceptors (Lipinski definition) is 4. The number of rotatable bonds is 6. The van der Waals surface area contributed by atoms with Gasteiger partial charge in [0.05, 0.1) is 5.75 Å². The number of aromatic carboxylic acids is 1. The van der Waals surface area contributed by atoms with Crippen LogP contribution in [0.25, 0.3) is 11.0 Å². The van der Waals surface area contributed by atoms with E-state index in [4.69, 9.17) is 10.2 Å². The highest BCUT2D eigenvalue weighted by Crippen LogP contribution is 2.29. The lowest BCUT2D eigenvalue weighted by molar-refractivity contribution is 0.0697. The number of carbonyl (C=O) groups is 1. The number of para-hydroxylation sites is 1. The van der Waals surface area contributed by atoms with Crippen molar-refractivity contribution in [2.75, 3.05) is 12.3 Å². The Morgan fingerprint density at radius 1 is 1.47 bits per heavy atom. The SMILES string of the molecule is CC(CN)CSCc1oc2ccccc2c1C(=O)O. The quantitative estimate of drug-likeness (QED) is 0.850. The van der Waals surface area contributed by atoms with Crippen molar-refractivity contribution in [3.8, 4) is 0 Å². The van der Waals surface area contributed by atoms with Gasteiger partial charge in [-0.1, -0.05) is 25.1 Å². The number of carboxylic acid groups (broad SMARTS) is 1. The molecular formula is C14H17NO3S. The van der Waals surface area contributed by atoms with Gasteiger partial charge in [-0.2, -0.15) is 11.8 Å². The van der Waals surface area contributed by atoms with Gasteiger partial charge in [0.2, 0.25) is 0 Å². The van der Waals surface area contributed by atoms with Crippen LogP contribution in [0.4, 0.5) is 0 Å². The number of benzene rings is 1. The van der Waals surface area contributed by atoms with Crippen molar-refractivity contribution in [1.82, 2.24) is 0 Å². The molecule has 1 atom stereocenters. The van der Waals surface area contributed by atoms with E-state index in [1.807, 2.05) is 12.1 Å². The monoisotopic (exact) mass is 279 g/mol. The standard InChI is InChI=1S/C14H17NO3S/c1-9(6-15)7-19-8-12-13(14(16)17)10-4-2-3-5-11(10)18-12/h2-5,9H,6-8,15H2,1H3,(H,16,17). The molecule has 0 amide bonds. The Balaban J connectivity index is 2.22. The molecule has 1 aromatic carbocycles. The van der Waals surface area contributed by atoms with Gasteiger partial charge in [0, 0.05) is 5.39 Å². The molecule has 0 radical (unpaired) electrons. The third kappa shape index (κ3) is 3.11. The number of thioether (sulfide) groups is 1. The molecule has 4 nitrogen and oxygen atoms in total. The maximum Gasteiger partial charge on any atom is 0.339 e. The van der Waals surface area contributed by atoms with E-state index < -0.39 is 5.97 Å². The molecule has 0 aliphatic carbocycles. The molecule has 1 unspecified atom stereocenters. The fraction of sp³-hybridized carbons (Fsp3) is 0.357. The van der Waals surface area contributed by atoms with Crippen molar-refractivity contribution < 1.29 is 14.3 Å². The molecular weight excluding hydrogens is 262 g/mol. The van der Waals surface area contributed by atoms with Crippen LogP contribution in [0.2, 0.25) is 0 Å². The summed E-state index contributed by atoms with van der Waals surface area (Å²) >= 11 is 1.65. The van der Waals surface area contributed by atoms with Gasteiger partial charge in [-0.05, 0) is 24.3 Å². The molecule has 0 saturated heterocycles. The third-order valence-electron chi connectivity index (χ3n) is 2.92. The van der Waals surface area contributed by atoms with Gasteiger partial charge in [-0.3, -0.25) is 0 Å². The van der Waals surface area contributed by atoms with E-state index in [9.17, 15) is 9.90 Å². The summed E-state index contributed by atoms with van der Waals surface area (Å²) in [6.07, 6.45) is 0. The van der Waals surface area contributed by atoms with Gasteiger partial charge in [-0.15, -0.1) is 0 Å².